The van der Waals surface area contributed by atoms with Crippen molar-refractivity contribution < 1.29 is 5.11 Å². The number of phenolic OH excluding ortho intramolecular Hbond substituents is 1. The standard InChI is InChI=1S/C19H24BNO/c1-19-10-9-15-14-6-4-13(22)11-12(14)3-5-16(15)17(19)7-8-18(19)21-20-2/h4,6,11,15-17H,3,5,7-10H2,1-2H3/p+1/t15?,16?,17?,19-/m0/s1. The SMILES string of the molecule is CB=[N+]=C1CCC2C3CCc4cc(O)ccc4C3CC[C@]12C. The fourth-order valence-corrected chi connectivity index (χ4v) is 5.73. The summed E-state index contributed by atoms with van der Waals surface area (Å²) >= 11 is 0. The van der Waals surface area contributed by atoms with Crippen LogP contribution < -0.4 is 4.57 Å². The molecule has 0 saturated heterocycles. The summed E-state index contributed by atoms with van der Waals surface area (Å²) in [5.74, 6) is 2.73. The second kappa shape index (κ2) is 5.10. The molecular weight excluding hydrogens is 269 g/mol. The zero-order valence-corrected chi connectivity index (χ0v) is 13.7. The zero-order valence-electron chi connectivity index (χ0n) is 13.7. The Morgan fingerprint density at radius 1 is 1.23 bits per heavy atom. The van der Waals surface area contributed by atoms with Crippen molar-refractivity contribution in [2.24, 2.45) is 17.3 Å². The van der Waals surface area contributed by atoms with Crippen LogP contribution in [0.5, 0.6) is 5.75 Å². The van der Waals surface area contributed by atoms with Gasteiger partial charge in [-0.3, -0.25) is 0 Å². The van der Waals surface area contributed by atoms with Crippen molar-refractivity contribution in [3.63, 3.8) is 0 Å². The van der Waals surface area contributed by atoms with Gasteiger partial charge in [-0.1, -0.05) is 0 Å². The summed E-state index contributed by atoms with van der Waals surface area (Å²) < 4.78 is 4.73. The molecule has 1 N–H and O–H groups in total. The molecule has 0 radical (unpaired) electrons. The molecule has 2 saturated carbocycles. The summed E-state index contributed by atoms with van der Waals surface area (Å²) in [7, 11) is 1.98. The number of benzene rings is 1. The van der Waals surface area contributed by atoms with Gasteiger partial charge in [0.05, 0.1) is 0 Å². The molecule has 0 spiro atoms. The Morgan fingerprint density at radius 3 is 2.91 bits per heavy atom. The summed E-state index contributed by atoms with van der Waals surface area (Å²) in [6, 6.07) is 6.06. The van der Waals surface area contributed by atoms with E-state index in [4.69, 9.17) is 4.57 Å². The van der Waals surface area contributed by atoms with E-state index in [2.05, 4.69) is 13.0 Å². The Kier molecular flexibility index (Phi) is 3.31. The predicted octanol–water partition coefficient (Wildman–Crippen LogP) is 3.69. The summed E-state index contributed by atoms with van der Waals surface area (Å²) in [5.41, 5.74) is 4.69. The molecule has 2 nitrogen and oxygen atoms in total. The van der Waals surface area contributed by atoms with E-state index in [-0.39, 0.29) is 0 Å². The third-order valence-corrected chi connectivity index (χ3v) is 6.74. The molecule has 0 aromatic heterocycles. The third-order valence-electron chi connectivity index (χ3n) is 6.74. The first kappa shape index (κ1) is 14.3. The molecule has 3 unspecified atom stereocenters. The Bertz CT molecular complexity index is 676. The molecule has 114 valence electrons. The first-order valence-electron chi connectivity index (χ1n) is 8.80. The van der Waals surface area contributed by atoms with Crippen molar-refractivity contribution in [2.45, 2.75) is 58.2 Å². The molecule has 1 aromatic carbocycles. The fraction of sp³-hybridized carbons (Fsp3) is 0.632. The summed E-state index contributed by atoms with van der Waals surface area (Å²) in [6.07, 6.45) is 7.47. The van der Waals surface area contributed by atoms with Crippen LogP contribution in [0.25, 0.3) is 0 Å². The Balaban J connectivity index is 1.72. The predicted molar refractivity (Wildman–Crippen MR) is 91.5 cm³/mol. The normalized spacial score (nSPS) is 35.9. The Morgan fingerprint density at radius 2 is 2.09 bits per heavy atom. The molecule has 22 heavy (non-hydrogen) atoms. The molecule has 3 aliphatic rings. The maximum atomic E-state index is 9.75. The number of phenols is 1. The third kappa shape index (κ3) is 1.95. The van der Waals surface area contributed by atoms with Crippen LogP contribution in [0.1, 0.15) is 56.1 Å². The van der Waals surface area contributed by atoms with Gasteiger partial charge in [-0.25, -0.2) is 0 Å². The molecule has 0 heterocycles. The van der Waals surface area contributed by atoms with E-state index in [0.717, 1.165) is 18.3 Å². The monoisotopic (exact) mass is 294 g/mol. The molecule has 4 atom stereocenters. The Labute approximate surface area is 133 Å². The molecule has 3 heteroatoms. The van der Waals surface area contributed by atoms with Crippen LogP contribution in [0.15, 0.2) is 18.2 Å². The van der Waals surface area contributed by atoms with Crippen LogP contribution in [0.2, 0.25) is 6.82 Å². The van der Waals surface area contributed by atoms with Gasteiger partial charge in [0.2, 0.25) is 0 Å². The van der Waals surface area contributed by atoms with Gasteiger partial charge in [0.25, 0.3) is 0 Å². The molecule has 4 rings (SSSR count). The average Bonchev–Trinajstić information content (AvgIpc) is 2.84. The first-order chi connectivity index (χ1) is 10.6. The number of fused-ring (bicyclic) bond motifs is 5. The minimum absolute atomic E-state index is 0.335. The van der Waals surface area contributed by atoms with Crippen molar-refractivity contribution in [3.05, 3.63) is 29.3 Å². The van der Waals surface area contributed by atoms with Gasteiger partial charge in [0.1, 0.15) is 0 Å². The van der Waals surface area contributed by atoms with Crippen LogP contribution in [-0.4, -0.2) is 17.9 Å². The van der Waals surface area contributed by atoms with Gasteiger partial charge >= 0.3 is 133 Å². The number of aromatic hydroxyl groups is 1. The van der Waals surface area contributed by atoms with Crippen LogP contribution in [-0.2, 0) is 6.42 Å². The second-order valence-electron chi connectivity index (χ2n) is 7.63. The fourth-order valence-electron chi connectivity index (χ4n) is 5.73. The molecule has 0 aliphatic heterocycles. The number of rotatable bonds is 0. The van der Waals surface area contributed by atoms with Crippen LogP contribution in [0.4, 0.5) is 0 Å². The van der Waals surface area contributed by atoms with Crippen molar-refractivity contribution >= 4 is 12.8 Å². The van der Waals surface area contributed by atoms with Gasteiger partial charge in [-0.2, -0.15) is 0 Å². The van der Waals surface area contributed by atoms with E-state index in [1.165, 1.54) is 48.9 Å². The van der Waals surface area contributed by atoms with Gasteiger partial charge in [0, 0.05) is 0 Å². The molecule has 3 aliphatic carbocycles. The van der Waals surface area contributed by atoms with E-state index in [9.17, 15) is 5.11 Å². The Hall–Kier alpha value is -1.34. The van der Waals surface area contributed by atoms with E-state index in [1.54, 1.807) is 0 Å². The van der Waals surface area contributed by atoms with Gasteiger partial charge in [-0.15, -0.1) is 0 Å². The molecular formula is C19H25BNO+. The van der Waals surface area contributed by atoms with Crippen molar-refractivity contribution in [1.82, 2.24) is 4.57 Å². The quantitative estimate of drug-likeness (QED) is 0.574. The molecule has 0 amide bonds. The van der Waals surface area contributed by atoms with Crippen LogP contribution in [0.3, 0.4) is 0 Å². The van der Waals surface area contributed by atoms with Crippen molar-refractivity contribution in [1.29, 1.82) is 0 Å². The van der Waals surface area contributed by atoms with E-state index in [1.807, 2.05) is 26.0 Å². The van der Waals surface area contributed by atoms with Gasteiger partial charge < -0.3 is 0 Å². The first-order valence-corrected chi connectivity index (χ1v) is 8.80. The number of hydrogen-bond acceptors (Lipinski definition) is 1. The second-order valence-corrected chi connectivity index (χ2v) is 7.63. The zero-order chi connectivity index (χ0) is 15.3. The van der Waals surface area contributed by atoms with E-state index < -0.39 is 0 Å². The maximum absolute atomic E-state index is 9.75. The van der Waals surface area contributed by atoms with Crippen molar-refractivity contribution in [2.75, 3.05) is 0 Å². The summed E-state index contributed by atoms with van der Waals surface area (Å²) in [6.45, 7) is 4.51. The van der Waals surface area contributed by atoms with Crippen molar-refractivity contribution in [3.8, 4) is 5.75 Å². The number of aryl methyl sites for hydroxylation is 1. The molecule has 2 fully saturated rings. The minimum atomic E-state index is 0.335. The topological polar surface area (TPSA) is 34.3 Å². The van der Waals surface area contributed by atoms with Crippen LogP contribution >= 0.6 is 0 Å². The molecule has 1 aromatic rings. The average molecular weight is 294 g/mol. The summed E-state index contributed by atoms with van der Waals surface area (Å²) in [4.78, 5) is 0. The summed E-state index contributed by atoms with van der Waals surface area (Å²) in [5, 5.41) is 9.75. The van der Waals surface area contributed by atoms with Crippen LogP contribution in [0, 0.1) is 17.3 Å². The number of nitrogens with zero attached hydrogens (tertiary/aromatic N) is 1. The van der Waals surface area contributed by atoms with E-state index in [0.29, 0.717) is 17.1 Å². The van der Waals surface area contributed by atoms with Gasteiger partial charge in [0.15, 0.2) is 0 Å². The molecule has 0 bridgehead atoms. The van der Waals surface area contributed by atoms with Gasteiger partial charge in [-0.05, 0) is 0 Å². The number of hydrogen-bond donors (Lipinski definition) is 1. The van der Waals surface area contributed by atoms with E-state index >= 15 is 0 Å².